The average Bonchev–Trinajstić information content (AvgIpc) is 2.37. The molecule has 0 radical (unpaired) electrons. The van der Waals surface area contributed by atoms with Crippen LogP contribution >= 0.6 is 0 Å². The van der Waals surface area contributed by atoms with Crippen molar-refractivity contribution in [2.75, 3.05) is 7.05 Å². The molecule has 0 aromatic heterocycles. The molecule has 1 aliphatic heterocycles. The molecule has 1 heterocycles. The molecule has 2 nitrogen and oxygen atoms in total. The zero-order valence-electron chi connectivity index (χ0n) is 9.51. The van der Waals surface area contributed by atoms with Crippen LogP contribution in [0.25, 0.3) is 0 Å². The van der Waals surface area contributed by atoms with Crippen molar-refractivity contribution >= 4 is 0 Å². The predicted octanol–water partition coefficient (Wildman–Crippen LogP) is 2.92. The van der Waals surface area contributed by atoms with Gasteiger partial charge in [-0.2, -0.15) is 0 Å². The summed E-state index contributed by atoms with van der Waals surface area (Å²) in [5, 5.41) is 0. The zero-order valence-corrected chi connectivity index (χ0v) is 9.51. The van der Waals surface area contributed by atoms with E-state index < -0.39 is 0 Å². The summed E-state index contributed by atoms with van der Waals surface area (Å²) in [5.74, 6) is 0.994. The van der Waals surface area contributed by atoms with Crippen LogP contribution < -0.4 is 0 Å². The fourth-order valence-corrected chi connectivity index (χ4v) is 1.89. The van der Waals surface area contributed by atoms with Crippen LogP contribution in [-0.4, -0.2) is 22.9 Å². The van der Waals surface area contributed by atoms with Gasteiger partial charge >= 0.3 is 0 Å². The normalized spacial score (nSPS) is 17.6. The minimum absolute atomic E-state index is 0.497. The molecule has 0 atom stereocenters. The molecule has 0 aromatic rings. The van der Waals surface area contributed by atoms with Crippen molar-refractivity contribution in [1.29, 1.82) is 0 Å². The van der Waals surface area contributed by atoms with Crippen LogP contribution in [0, 0.1) is 0 Å². The minimum atomic E-state index is 0.497. The van der Waals surface area contributed by atoms with Gasteiger partial charge in [-0.1, -0.05) is 33.6 Å². The van der Waals surface area contributed by atoms with Gasteiger partial charge in [0.2, 0.25) is 0 Å². The first kappa shape index (κ1) is 10.9. The molecule has 0 saturated carbocycles. The highest BCUT2D eigenvalue weighted by atomic mass is 15.4. The third kappa shape index (κ3) is 1.45. The monoisotopic (exact) mass is 192 g/mol. The molecule has 1 fully saturated rings. The molecule has 1 rings (SSSR count). The van der Waals surface area contributed by atoms with E-state index in [0.29, 0.717) is 6.04 Å². The lowest BCUT2D eigenvalue weighted by molar-refractivity contribution is 0.290. The second kappa shape index (κ2) is 3.91. The Balaban J connectivity index is 2.94. The summed E-state index contributed by atoms with van der Waals surface area (Å²) in [7, 11) is 1.98. The van der Waals surface area contributed by atoms with Crippen molar-refractivity contribution in [3.05, 3.63) is 37.0 Å². The van der Waals surface area contributed by atoms with Gasteiger partial charge in [-0.15, -0.1) is 0 Å². The molecule has 0 bridgehead atoms. The molecular formula is C12H20N2. The Hall–Kier alpha value is -1.18. The summed E-state index contributed by atoms with van der Waals surface area (Å²) in [6, 6.07) is 0.497. The van der Waals surface area contributed by atoms with E-state index in [1.54, 1.807) is 0 Å². The Labute approximate surface area is 87.2 Å². The van der Waals surface area contributed by atoms with Gasteiger partial charge in [-0.25, -0.2) is 0 Å². The second-order valence-electron chi connectivity index (χ2n) is 3.71. The van der Waals surface area contributed by atoms with Crippen LogP contribution in [0.1, 0.15) is 26.7 Å². The third-order valence-electron chi connectivity index (χ3n) is 3.00. The van der Waals surface area contributed by atoms with Crippen molar-refractivity contribution in [2.45, 2.75) is 32.7 Å². The number of hydrogen-bond donors (Lipinski definition) is 0. The lowest BCUT2D eigenvalue weighted by Crippen LogP contribution is -2.30. The standard InChI is InChI=1S/C12H20N2/c1-7-12(8-2)14-10(4)9(3)13(6)11(14)5/h12H,3-5,7-8H2,1-2,6H3. The van der Waals surface area contributed by atoms with Gasteiger partial charge in [0.25, 0.3) is 0 Å². The predicted molar refractivity (Wildman–Crippen MR) is 61.4 cm³/mol. The lowest BCUT2D eigenvalue weighted by Gasteiger charge is -2.28. The Kier molecular flexibility index (Phi) is 3.04. The van der Waals surface area contributed by atoms with Gasteiger partial charge in [-0.05, 0) is 12.8 Å². The summed E-state index contributed by atoms with van der Waals surface area (Å²) in [6.45, 7) is 16.5. The first-order chi connectivity index (χ1) is 6.54. The van der Waals surface area contributed by atoms with Crippen molar-refractivity contribution in [3.8, 4) is 0 Å². The third-order valence-corrected chi connectivity index (χ3v) is 3.00. The van der Waals surface area contributed by atoms with Crippen molar-refractivity contribution < 1.29 is 0 Å². The van der Waals surface area contributed by atoms with E-state index in [-0.39, 0.29) is 0 Å². The van der Waals surface area contributed by atoms with Gasteiger partial charge in [0.05, 0.1) is 11.4 Å². The van der Waals surface area contributed by atoms with E-state index >= 15 is 0 Å². The molecular weight excluding hydrogens is 172 g/mol. The summed E-state index contributed by atoms with van der Waals surface area (Å²) in [5.41, 5.74) is 1.95. The van der Waals surface area contributed by atoms with Crippen LogP contribution in [0.5, 0.6) is 0 Å². The topological polar surface area (TPSA) is 6.48 Å². The maximum Gasteiger partial charge on any atom is 0.106 e. The van der Waals surface area contributed by atoms with Gasteiger partial charge in [-0.3, -0.25) is 0 Å². The van der Waals surface area contributed by atoms with E-state index in [1.165, 1.54) is 0 Å². The van der Waals surface area contributed by atoms with E-state index in [1.807, 2.05) is 11.9 Å². The quantitative estimate of drug-likeness (QED) is 0.678. The summed E-state index contributed by atoms with van der Waals surface area (Å²) < 4.78 is 0. The highest BCUT2D eigenvalue weighted by Crippen LogP contribution is 2.34. The van der Waals surface area contributed by atoms with Crippen LogP contribution in [0.15, 0.2) is 37.0 Å². The number of nitrogens with zero attached hydrogens (tertiary/aromatic N) is 2. The van der Waals surface area contributed by atoms with Gasteiger partial charge < -0.3 is 9.80 Å². The molecule has 0 unspecified atom stereocenters. The SMILES string of the molecule is C=C1C(=C)N(C(CC)CC)C(=C)N1C. The fourth-order valence-electron chi connectivity index (χ4n) is 1.89. The molecule has 0 N–H and O–H groups in total. The minimum Gasteiger partial charge on any atom is -0.330 e. The number of hydrogen-bond acceptors (Lipinski definition) is 2. The first-order valence-corrected chi connectivity index (χ1v) is 5.14. The van der Waals surface area contributed by atoms with E-state index in [0.717, 1.165) is 30.1 Å². The van der Waals surface area contributed by atoms with Crippen molar-refractivity contribution in [3.63, 3.8) is 0 Å². The molecule has 1 saturated heterocycles. The maximum atomic E-state index is 4.06. The molecule has 0 aliphatic carbocycles. The van der Waals surface area contributed by atoms with E-state index in [4.69, 9.17) is 0 Å². The van der Waals surface area contributed by atoms with Crippen molar-refractivity contribution in [1.82, 2.24) is 9.80 Å². The van der Waals surface area contributed by atoms with Crippen molar-refractivity contribution in [2.24, 2.45) is 0 Å². The highest BCUT2D eigenvalue weighted by molar-refractivity contribution is 5.36. The summed E-state index contributed by atoms with van der Waals surface area (Å²) in [4.78, 5) is 4.20. The van der Waals surface area contributed by atoms with Gasteiger partial charge in [0.15, 0.2) is 0 Å². The molecule has 0 spiro atoms. The lowest BCUT2D eigenvalue weighted by atomic mass is 10.1. The Morgan fingerprint density at radius 1 is 1.07 bits per heavy atom. The molecule has 0 aromatic carbocycles. The van der Waals surface area contributed by atoms with Crippen LogP contribution in [0.4, 0.5) is 0 Å². The van der Waals surface area contributed by atoms with E-state index in [2.05, 4.69) is 38.5 Å². The average molecular weight is 192 g/mol. The fraction of sp³-hybridized carbons (Fsp3) is 0.500. The number of rotatable bonds is 3. The molecule has 14 heavy (non-hydrogen) atoms. The summed E-state index contributed by atoms with van der Waals surface area (Å²) in [6.07, 6.45) is 2.21. The highest BCUT2D eigenvalue weighted by Gasteiger charge is 2.31. The van der Waals surface area contributed by atoms with Crippen LogP contribution in [0.2, 0.25) is 0 Å². The van der Waals surface area contributed by atoms with E-state index in [9.17, 15) is 0 Å². The zero-order chi connectivity index (χ0) is 10.9. The maximum absolute atomic E-state index is 4.06. The Morgan fingerprint density at radius 3 is 1.86 bits per heavy atom. The first-order valence-electron chi connectivity index (χ1n) is 5.14. The Bertz CT molecular complexity index is 274. The Morgan fingerprint density at radius 2 is 1.57 bits per heavy atom. The summed E-state index contributed by atoms with van der Waals surface area (Å²) >= 11 is 0. The molecule has 78 valence electrons. The van der Waals surface area contributed by atoms with Gasteiger partial charge in [0, 0.05) is 13.1 Å². The molecule has 0 amide bonds. The largest absolute Gasteiger partial charge is 0.330 e. The van der Waals surface area contributed by atoms with Crippen LogP contribution in [-0.2, 0) is 0 Å². The second-order valence-corrected chi connectivity index (χ2v) is 3.71. The molecule has 1 aliphatic rings. The molecule has 2 heteroatoms. The van der Waals surface area contributed by atoms with Crippen LogP contribution in [0.3, 0.4) is 0 Å². The van der Waals surface area contributed by atoms with Gasteiger partial charge in [0.1, 0.15) is 5.82 Å². The number of likely N-dealkylation sites (N-methyl/N-ethyl adjacent to an activating group) is 1. The smallest absolute Gasteiger partial charge is 0.106 e.